The van der Waals surface area contributed by atoms with Crippen LogP contribution in [0, 0.1) is 3.57 Å². The van der Waals surface area contributed by atoms with E-state index in [4.69, 9.17) is 4.74 Å². The minimum atomic E-state index is 0.856. The highest BCUT2D eigenvalue weighted by atomic mass is 127. The summed E-state index contributed by atoms with van der Waals surface area (Å²) >= 11 is 2.31. The summed E-state index contributed by atoms with van der Waals surface area (Å²) in [6.45, 7) is 1.87. The predicted octanol–water partition coefficient (Wildman–Crippen LogP) is 3.13. The van der Waals surface area contributed by atoms with Crippen LogP contribution in [0.1, 0.15) is 12.8 Å². The number of hydrogen-bond donors (Lipinski definition) is 1. The minimum Gasteiger partial charge on any atom is -0.385 e. The van der Waals surface area contributed by atoms with E-state index in [1.54, 1.807) is 7.11 Å². The lowest BCUT2D eigenvalue weighted by Crippen LogP contribution is -2.02. The molecular weight excluding hydrogens is 289 g/mol. The standard InChI is InChI=1S/C11H16INO/c1-14-9-3-2-8-13-11-6-4-10(12)5-7-11/h4-7,13H,2-3,8-9H2,1H3. The third-order valence-electron chi connectivity index (χ3n) is 1.95. The zero-order chi connectivity index (χ0) is 10.2. The Balaban J connectivity index is 2.15. The molecule has 0 bridgehead atoms. The van der Waals surface area contributed by atoms with Gasteiger partial charge in [0, 0.05) is 29.5 Å². The summed E-state index contributed by atoms with van der Waals surface area (Å²) in [6, 6.07) is 8.44. The first-order chi connectivity index (χ1) is 6.83. The van der Waals surface area contributed by atoms with Crippen LogP contribution in [0.15, 0.2) is 24.3 Å². The first kappa shape index (κ1) is 11.8. The molecule has 1 aromatic carbocycles. The van der Waals surface area contributed by atoms with E-state index >= 15 is 0 Å². The Bertz CT molecular complexity index is 248. The van der Waals surface area contributed by atoms with Crippen molar-refractivity contribution in [1.82, 2.24) is 0 Å². The smallest absolute Gasteiger partial charge is 0.0462 e. The summed E-state index contributed by atoms with van der Waals surface area (Å²) < 4.78 is 6.25. The van der Waals surface area contributed by atoms with E-state index in [1.807, 2.05) is 0 Å². The third-order valence-corrected chi connectivity index (χ3v) is 2.67. The zero-order valence-corrected chi connectivity index (χ0v) is 10.6. The van der Waals surface area contributed by atoms with Crippen LogP contribution in [0.4, 0.5) is 5.69 Å². The molecule has 0 heterocycles. The fraction of sp³-hybridized carbons (Fsp3) is 0.455. The van der Waals surface area contributed by atoms with Gasteiger partial charge >= 0.3 is 0 Å². The summed E-state index contributed by atoms with van der Waals surface area (Å²) in [6.07, 6.45) is 2.27. The van der Waals surface area contributed by atoms with Gasteiger partial charge in [0.05, 0.1) is 0 Å². The van der Waals surface area contributed by atoms with Crippen LogP contribution in [-0.4, -0.2) is 20.3 Å². The van der Waals surface area contributed by atoms with Crippen molar-refractivity contribution in [2.75, 3.05) is 25.6 Å². The van der Waals surface area contributed by atoms with Gasteiger partial charge in [0.1, 0.15) is 0 Å². The van der Waals surface area contributed by atoms with E-state index in [1.165, 1.54) is 9.26 Å². The van der Waals surface area contributed by atoms with Gasteiger partial charge in [-0.1, -0.05) is 0 Å². The lowest BCUT2D eigenvalue weighted by molar-refractivity contribution is 0.194. The average Bonchev–Trinajstić information content (AvgIpc) is 2.21. The van der Waals surface area contributed by atoms with Gasteiger partial charge in [-0.05, 0) is 59.7 Å². The lowest BCUT2D eigenvalue weighted by atomic mass is 10.3. The van der Waals surface area contributed by atoms with E-state index < -0.39 is 0 Å². The number of benzene rings is 1. The van der Waals surface area contributed by atoms with Gasteiger partial charge in [-0.2, -0.15) is 0 Å². The maximum Gasteiger partial charge on any atom is 0.0462 e. The van der Waals surface area contributed by atoms with E-state index in [9.17, 15) is 0 Å². The third kappa shape index (κ3) is 4.81. The molecule has 1 aromatic rings. The Morgan fingerprint density at radius 2 is 1.93 bits per heavy atom. The van der Waals surface area contributed by atoms with Crippen molar-refractivity contribution in [2.45, 2.75) is 12.8 Å². The summed E-state index contributed by atoms with van der Waals surface area (Å²) in [5, 5.41) is 3.37. The Hall–Kier alpha value is -0.290. The van der Waals surface area contributed by atoms with Crippen LogP contribution >= 0.6 is 22.6 Å². The Morgan fingerprint density at radius 3 is 2.57 bits per heavy atom. The van der Waals surface area contributed by atoms with Crippen molar-refractivity contribution < 1.29 is 4.74 Å². The van der Waals surface area contributed by atoms with Gasteiger partial charge < -0.3 is 10.1 Å². The van der Waals surface area contributed by atoms with Crippen molar-refractivity contribution in [3.05, 3.63) is 27.8 Å². The molecule has 0 saturated heterocycles. The van der Waals surface area contributed by atoms with Crippen LogP contribution in [0.5, 0.6) is 0 Å². The molecule has 0 aliphatic carbocycles. The van der Waals surface area contributed by atoms with Gasteiger partial charge in [-0.15, -0.1) is 0 Å². The summed E-state index contributed by atoms with van der Waals surface area (Å²) in [5.41, 5.74) is 1.20. The van der Waals surface area contributed by atoms with Crippen LogP contribution in [0.2, 0.25) is 0 Å². The largest absolute Gasteiger partial charge is 0.385 e. The molecule has 0 aliphatic rings. The van der Waals surface area contributed by atoms with E-state index in [0.717, 1.165) is 26.0 Å². The maximum absolute atomic E-state index is 4.98. The summed E-state index contributed by atoms with van der Waals surface area (Å²) in [4.78, 5) is 0. The fourth-order valence-electron chi connectivity index (χ4n) is 1.17. The number of nitrogens with one attached hydrogen (secondary N) is 1. The molecule has 0 saturated carbocycles. The molecule has 0 atom stereocenters. The Kier molecular flexibility index (Phi) is 5.94. The first-order valence-electron chi connectivity index (χ1n) is 4.81. The maximum atomic E-state index is 4.98. The second-order valence-corrected chi connectivity index (χ2v) is 4.38. The molecule has 1 rings (SSSR count). The quantitative estimate of drug-likeness (QED) is 0.644. The van der Waals surface area contributed by atoms with Gasteiger partial charge in [0.2, 0.25) is 0 Å². The average molecular weight is 305 g/mol. The second-order valence-electron chi connectivity index (χ2n) is 3.13. The normalized spacial score (nSPS) is 10.1. The van der Waals surface area contributed by atoms with Crippen molar-refractivity contribution in [3.8, 4) is 0 Å². The molecule has 0 spiro atoms. The van der Waals surface area contributed by atoms with E-state index in [-0.39, 0.29) is 0 Å². The number of rotatable bonds is 6. The van der Waals surface area contributed by atoms with Gasteiger partial charge in [-0.3, -0.25) is 0 Å². The highest BCUT2D eigenvalue weighted by Gasteiger charge is 1.91. The first-order valence-corrected chi connectivity index (χ1v) is 5.89. The number of hydrogen-bond acceptors (Lipinski definition) is 2. The molecule has 0 amide bonds. The molecule has 3 heteroatoms. The van der Waals surface area contributed by atoms with Gasteiger partial charge in [-0.25, -0.2) is 0 Å². The van der Waals surface area contributed by atoms with Crippen LogP contribution in [0.3, 0.4) is 0 Å². The molecular formula is C11H16INO. The van der Waals surface area contributed by atoms with Crippen molar-refractivity contribution >= 4 is 28.3 Å². The molecule has 0 unspecified atom stereocenters. The van der Waals surface area contributed by atoms with Crippen LogP contribution < -0.4 is 5.32 Å². The van der Waals surface area contributed by atoms with Crippen molar-refractivity contribution in [1.29, 1.82) is 0 Å². The van der Waals surface area contributed by atoms with Crippen LogP contribution in [0.25, 0.3) is 0 Å². The predicted molar refractivity (Wildman–Crippen MR) is 68.8 cm³/mol. The highest BCUT2D eigenvalue weighted by Crippen LogP contribution is 2.10. The summed E-state index contributed by atoms with van der Waals surface area (Å²) in [7, 11) is 1.74. The number of methoxy groups -OCH3 is 1. The van der Waals surface area contributed by atoms with E-state index in [0.29, 0.717) is 0 Å². The number of ether oxygens (including phenoxy) is 1. The van der Waals surface area contributed by atoms with Crippen molar-refractivity contribution in [3.63, 3.8) is 0 Å². The summed E-state index contributed by atoms with van der Waals surface area (Å²) in [5.74, 6) is 0. The fourth-order valence-corrected chi connectivity index (χ4v) is 1.53. The molecule has 14 heavy (non-hydrogen) atoms. The number of halogens is 1. The molecule has 2 nitrogen and oxygen atoms in total. The molecule has 0 fully saturated rings. The monoisotopic (exact) mass is 305 g/mol. The molecule has 1 N–H and O–H groups in total. The number of anilines is 1. The van der Waals surface area contributed by atoms with Crippen LogP contribution in [-0.2, 0) is 4.74 Å². The van der Waals surface area contributed by atoms with Gasteiger partial charge in [0.15, 0.2) is 0 Å². The Morgan fingerprint density at radius 1 is 1.21 bits per heavy atom. The van der Waals surface area contributed by atoms with E-state index in [2.05, 4.69) is 52.2 Å². The topological polar surface area (TPSA) is 21.3 Å². The molecule has 78 valence electrons. The van der Waals surface area contributed by atoms with Crippen molar-refractivity contribution in [2.24, 2.45) is 0 Å². The zero-order valence-electron chi connectivity index (χ0n) is 8.42. The highest BCUT2D eigenvalue weighted by molar-refractivity contribution is 14.1. The lowest BCUT2D eigenvalue weighted by Gasteiger charge is -2.05. The number of unbranched alkanes of at least 4 members (excludes halogenated alkanes) is 1. The Labute approximate surface area is 99.2 Å². The minimum absolute atomic E-state index is 0.856. The second kappa shape index (κ2) is 7.06. The van der Waals surface area contributed by atoms with Gasteiger partial charge in [0.25, 0.3) is 0 Å². The SMILES string of the molecule is COCCCCNc1ccc(I)cc1. The molecule has 0 radical (unpaired) electrons. The molecule has 0 aromatic heterocycles. The molecule has 0 aliphatic heterocycles.